The molecule has 2 heteroatoms. The number of nitrogens with one attached hydrogen (secondary N) is 1. The van der Waals surface area contributed by atoms with Gasteiger partial charge in [-0.25, -0.2) is 0 Å². The molecule has 1 aliphatic rings. The maximum atomic E-state index is 5.39. The first kappa shape index (κ1) is 10.3. The topological polar surface area (TPSA) is 21.3 Å². The molecule has 15 heavy (non-hydrogen) atoms. The molecular weight excluding hydrogens is 186 g/mol. The predicted molar refractivity (Wildman–Crippen MR) is 63.7 cm³/mol. The second-order valence-electron chi connectivity index (χ2n) is 5.04. The third kappa shape index (κ3) is 1.81. The van der Waals surface area contributed by atoms with Gasteiger partial charge in [0.25, 0.3) is 0 Å². The van der Waals surface area contributed by atoms with Crippen LogP contribution in [0.4, 0.5) is 5.69 Å². The first-order valence-corrected chi connectivity index (χ1v) is 5.48. The van der Waals surface area contributed by atoms with Crippen molar-refractivity contribution in [1.82, 2.24) is 0 Å². The molecule has 1 atom stereocenters. The van der Waals surface area contributed by atoms with E-state index >= 15 is 0 Å². The first-order valence-electron chi connectivity index (χ1n) is 5.48. The molecule has 0 amide bonds. The van der Waals surface area contributed by atoms with E-state index in [0.29, 0.717) is 5.92 Å². The lowest BCUT2D eigenvalue weighted by Crippen LogP contribution is -2.36. The molecule has 1 aromatic rings. The Labute approximate surface area is 91.6 Å². The minimum atomic E-state index is 0.154. The van der Waals surface area contributed by atoms with E-state index in [0.717, 1.165) is 12.2 Å². The molecule has 82 valence electrons. The molecule has 0 aromatic heterocycles. The molecule has 0 radical (unpaired) electrons. The second kappa shape index (κ2) is 3.44. The fourth-order valence-corrected chi connectivity index (χ4v) is 2.53. The van der Waals surface area contributed by atoms with Gasteiger partial charge in [-0.15, -0.1) is 0 Å². The summed E-state index contributed by atoms with van der Waals surface area (Å²) < 4.78 is 5.39. The number of para-hydroxylation sites is 1. The van der Waals surface area contributed by atoms with Gasteiger partial charge in [-0.1, -0.05) is 19.1 Å². The predicted octanol–water partition coefficient (Wildman–Crippen LogP) is 3.39. The average Bonchev–Trinajstić information content (AvgIpc) is 2.15. The maximum absolute atomic E-state index is 5.39. The van der Waals surface area contributed by atoms with E-state index in [-0.39, 0.29) is 5.54 Å². The molecule has 2 nitrogen and oxygen atoms in total. The number of rotatable bonds is 1. The molecule has 0 saturated carbocycles. The summed E-state index contributed by atoms with van der Waals surface area (Å²) in [6.07, 6.45) is 1.16. The van der Waals surface area contributed by atoms with Crippen LogP contribution in [-0.2, 0) is 0 Å². The van der Waals surface area contributed by atoms with Gasteiger partial charge in [0.15, 0.2) is 0 Å². The molecule has 0 saturated heterocycles. The van der Waals surface area contributed by atoms with Crippen molar-refractivity contribution >= 4 is 5.69 Å². The number of ether oxygens (including phenoxy) is 1. The summed E-state index contributed by atoms with van der Waals surface area (Å²) in [4.78, 5) is 0. The van der Waals surface area contributed by atoms with E-state index < -0.39 is 0 Å². The molecule has 2 rings (SSSR count). The smallest absolute Gasteiger partial charge is 0.142 e. The van der Waals surface area contributed by atoms with Crippen LogP contribution in [0, 0.1) is 0 Å². The van der Waals surface area contributed by atoms with Crippen LogP contribution in [0.25, 0.3) is 0 Å². The van der Waals surface area contributed by atoms with E-state index in [4.69, 9.17) is 4.74 Å². The van der Waals surface area contributed by atoms with Crippen LogP contribution < -0.4 is 10.1 Å². The van der Waals surface area contributed by atoms with E-state index in [1.807, 2.05) is 6.07 Å². The normalized spacial score (nSPS) is 22.8. The average molecular weight is 205 g/mol. The van der Waals surface area contributed by atoms with Gasteiger partial charge in [0.05, 0.1) is 12.8 Å². The highest BCUT2D eigenvalue weighted by Gasteiger charge is 2.30. The Balaban J connectivity index is 2.50. The van der Waals surface area contributed by atoms with Crippen LogP contribution in [0.15, 0.2) is 18.2 Å². The Morgan fingerprint density at radius 3 is 2.80 bits per heavy atom. The van der Waals surface area contributed by atoms with Gasteiger partial charge in [-0.2, -0.15) is 0 Å². The van der Waals surface area contributed by atoms with E-state index in [9.17, 15) is 0 Å². The Morgan fingerprint density at radius 1 is 1.40 bits per heavy atom. The van der Waals surface area contributed by atoms with Crippen molar-refractivity contribution < 1.29 is 4.74 Å². The van der Waals surface area contributed by atoms with Gasteiger partial charge in [0.1, 0.15) is 5.75 Å². The highest BCUT2D eigenvalue weighted by atomic mass is 16.5. The monoisotopic (exact) mass is 205 g/mol. The van der Waals surface area contributed by atoms with Crippen molar-refractivity contribution in [2.24, 2.45) is 0 Å². The van der Waals surface area contributed by atoms with Crippen LogP contribution in [0.1, 0.15) is 38.7 Å². The van der Waals surface area contributed by atoms with E-state index in [2.05, 4.69) is 38.2 Å². The number of hydrogen-bond donors (Lipinski definition) is 1. The van der Waals surface area contributed by atoms with Crippen molar-refractivity contribution in [1.29, 1.82) is 0 Å². The van der Waals surface area contributed by atoms with Crippen molar-refractivity contribution in [2.75, 3.05) is 12.4 Å². The molecule has 0 fully saturated rings. The number of hydrogen-bond acceptors (Lipinski definition) is 2. The second-order valence-corrected chi connectivity index (χ2v) is 5.04. The third-order valence-corrected chi connectivity index (χ3v) is 3.09. The van der Waals surface area contributed by atoms with Gasteiger partial charge < -0.3 is 10.1 Å². The van der Waals surface area contributed by atoms with Crippen LogP contribution in [-0.4, -0.2) is 12.6 Å². The van der Waals surface area contributed by atoms with Crippen molar-refractivity contribution in [2.45, 2.75) is 38.6 Å². The molecule has 0 aliphatic carbocycles. The summed E-state index contributed by atoms with van der Waals surface area (Å²) in [5.74, 6) is 1.54. The summed E-state index contributed by atoms with van der Waals surface area (Å²) in [5.41, 5.74) is 2.69. The molecular formula is C13H19NO. The fourth-order valence-electron chi connectivity index (χ4n) is 2.53. The minimum absolute atomic E-state index is 0.154. The van der Waals surface area contributed by atoms with E-state index in [1.54, 1.807) is 7.11 Å². The van der Waals surface area contributed by atoms with Gasteiger partial charge in [0, 0.05) is 5.54 Å². The summed E-state index contributed by atoms with van der Waals surface area (Å²) in [5, 5.41) is 3.56. The van der Waals surface area contributed by atoms with Crippen molar-refractivity contribution in [3.8, 4) is 5.75 Å². The standard InChI is InChI=1S/C13H19NO/c1-9-8-13(2,3)14-12-10(9)6-5-7-11(12)15-4/h5-7,9,14H,8H2,1-4H3/t9-/m1/s1. The molecule has 1 aliphatic heterocycles. The van der Waals surface area contributed by atoms with Gasteiger partial charge in [-0.05, 0) is 37.8 Å². The molecule has 1 N–H and O–H groups in total. The molecule has 1 aromatic carbocycles. The van der Waals surface area contributed by atoms with Gasteiger partial charge in [-0.3, -0.25) is 0 Å². The van der Waals surface area contributed by atoms with Crippen molar-refractivity contribution in [3.63, 3.8) is 0 Å². The Hall–Kier alpha value is -1.18. The Morgan fingerprint density at radius 2 is 2.13 bits per heavy atom. The molecule has 0 bridgehead atoms. The summed E-state index contributed by atoms with van der Waals surface area (Å²) >= 11 is 0. The zero-order chi connectivity index (χ0) is 11.1. The zero-order valence-corrected chi connectivity index (χ0v) is 9.92. The third-order valence-electron chi connectivity index (χ3n) is 3.09. The van der Waals surface area contributed by atoms with Gasteiger partial charge >= 0.3 is 0 Å². The quantitative estimate of drug-likeness (QED) is 0.758. The number of fused-ring (bicyclic) bond motifs is 1. The maximum Gasteiger partial charge on any atom is 0.142 e. The van der Waals surface area contributed by atoms with Crippen LogP contribution in [0.3, 0.4) is 0 Å². The Bertz CT molecular complexity index is 371. The largest absolute Gasteiger partial charge is 0.495 e. The molecule has 0 unspecified atom stereocenters. The zero-order valence-electron chi connectivity index (χ0n) is 9.92. The molecule has 0 spiro atoms. The van der Waals surface area contributed by atoms with E-state index in [1.165, 1.54) is 11.3 Å². The van der Waals surface area contributed by atoms with Crippen LogP contribution in [0.5, 0.6) is 5.75 Å². The fraction of sp³-hybridized carbons (Fsp3) is 0.538. The number of anilines is 1. The summed E-state index contributed by atoms with van der Waals surface area (Å²) in [7, 11) is 1.73. The highest BCUT2D eigenvalue weighted by molar-refractivity contribution is 5.66. The lowest BCUT2D eigenvalue weighted by molar-refractivity contribution is 0.403. The van der Waals surface area contributed by atoms with Gasteiger partial charge in [0.2, 0.25) is 0 Å². The lowest BCUT2D eigenvalue weighted by Gasteiger charge is -2.38. The number of methoxy groups -OCH3 is 1. The SMILES string of the molecule is COc1cccc2c1NC(C)(C)C[C@H]2C. The van der Waals surface area contributed by atoms with Crippen molar-refractivity contribution in [3.05, 3.63) is 23.8 Å². The Kier molecular flexibility index (Phi) is 2.37. The lowest BCUT2D eigenvalue weighted by atomic mass is 9.82. The summed E-state index contributed by atoms with van der Waals surface area (Å²) in [6, 6.07) is 6.26. The van der Waals surface area contributed by atoms with Crippen LogP contribution in [0.2, 0.25) is 0 Å². The first-order chi connectivity index (χ1) is 7.03. The highest BCUT2D eigenvalue weighted by Crippen LogP contribution is 2.42. The summed E-state index contributed by atoms with van der Waals surface area (Å²) in [6.45, 7) is 6.75. The molecule has 1 heterocycles. The van der Waals surface area contributed by atoms with Crippen LogP contribution >= 0.6 is 0 Å². The minimum Gasteiger partial charge on any atom is -0.495 e. The number of benzene rings is 1.